The van der Waals surface area contributed by atoms with Gasteiger partial charge in [-0.05, 0) is 46.0 Å². The van der Waals surface area contributed by atoms with Gasteiger partial charge in [-0.3, -0.25) is 24.2 Å². The third-order valence-electron chi connectivity index (χ3n) is 5.41. The highest BCUT2D eigenvalue weighted by molar-refractivity contribution is 6.22. The summed E-state index contributed by atoms with van der Waals surface area (Å²) in [7, 11) is 1.39. The number of piperazine rings is 1. The number of nitrogens with zero attached hydrogens (tertiary/aromatic N) is 3. The van der Waals surface area contributed by atoms with Crippen molar-refractivity contribution < 1.29 is 27.6 Å². The van der Waals surface area contributed by atoms with Crippen LogP contribution in [0.4, 0.5) is 13.2 Å². The minimum absolute atomic E-state index is 0.100. The molecule has 152 valence electrons. The van der Waals surface area contributed by atoms with Gasteiger partial charge in [0.2, 0.25) is 0 Å². The topological polar surface area (TPSA) is 60.9 Å². The van der Waals surface area contributed by atoms with E-state index in [0.717, 1.165) is 9.80 Å². The molecule has 3 rings (SSSR count). The molecule has 9 heteroatoms. The molecule has 2 atom stereocenters. The molecular formula is C19H22F3N3O3. The predicted molar refractivity (Wildman–Crippen MR) is 95.0 cm³/mol. The maximum absolute atomic E-state index is 13.3. The van der Waals surface area contributed by atoms with E-state index in [1.165, 1.54) is 30.1 Å². The van der Waals surface area contributed by atoms with Gasteiger partial charge in [-0.2, -0.15) is 13.2 Å². The van der Waals surface area contributed by atoms with Crippen molar-refractivity contribution in [3.05, 3.63) is 34.9 Å². The van der Waals surface area contributed by atoms with Crippen LogP contribution in [0.1, 0.15) is 51.8 Å². The Kier molecular flexibility index (Phi) is 4.99. The zero-order valence-corrected chi connectivity index (χ0v) is 16.1. The molecule has 1 saturated heterocycles. The Morgan fingerprint density at radius 3 is 2.29 bits per heavy atom. The Hall–Kier alpha value is -2.42. The number of hydrogen-bond acceptors (Lipinski definition) is 4. The van der Waals surface area contributed by atoms with Gasteiger partial charge in [-0.15, -0.1) is 0 Å². The zero-order chi connectivity index (χ0) is 21.0. The fraction of sp³-hybridized carbons (Fsp3) is 0.526. The summed E-state index contributed by atoms with van der Waals surface area (Å²) in [6.07, 6.45) is -4.46. The summed E-state index contributed by atoms with van der Waals surface area (Å²) < 4.78 is 40.0. The highest BCUT2D eigenvalue weighted by atomic mass is 19.4. The molecule has 2 aliphatic rings. The molecule has 0 saturated carbocycles. The number of fused-ring (bicyclic) bond motifs is 1. The number of likely N-dealkylation sites (N-methyl/N-ethyl adjacent to an activating group) is 1. The fourth-order valence-electron chi connectivity index (χ4n) is 3.71. The quantitative estimate of drug-likeness (QED) is 0.719. The van der Waals surface area contributed by atoms with Gasteiger partial charge in [0, 0.05) is 30.7 Å². The standard InChI is InChI=1S/C19H22F3N3O3/c1-10(2)25-17(27)13-6-5-12(7-14(13)18(25)28)16(26)24-8-11(3)23(4)15(9-24)19(20,21)22/h5-7,10-11,15H,8-9H2,1-4H3. The lowest BCUT2D eigenvalue weighted by Crippen LogP contribution is -2.62. The first-order chi connectivity index (χ1) is 12.9. The molecule has 0 aliphatic carbocycles. The van der Waals surface area contributed by atoms with Crippen molar-refractivity contribution >= 4 is 17.7 Å². The van der Waals surface area contributed by atoms with Crippen LogP contribution in [-0.2, 0) is 0 Å². The first kappa shape index (κ1) is 20.3. The van der Waals surface area contributed by atoms with E-state index in [1.54, 1.807) is 20.8 Å². The molecule has 2 aliphatic heterocycles. The molecule has 0 spiro atoms. The number of alkyl halides is 3. The smallest absolute Gasteiger partial charge is 0.335 e. The average Bonchev–Trinajstić information content (AvgIpc) is 2.86. The Labute approximate surface area is 160 Å². The van der Waals surface area contributed by atoms with E-state index >= 15 is 0 Å². The van der Waals surface area contributed by atoms with Gasteiger partial charge in [0.25, 0.3) is 17.7 Å². The van der Waals surface area contributed by atoms with Crippen molar-refractivity contribution in [3.8, 4) is 0 Å². The highest BCUT2D eigenvalue weighted by Crippen LogP contribution is 2.31. The van der Waals surface area contributed by atoms with Crippen LogP contribution < -0.4 is 0 Å². The molecule has 0 N–H and O–H groups in total. The van der Waals surface area contributed by atoms with Crippen molar-refractivity contribution in [3.63, 3.8) is 0 Å². The maximum Gasteiger partial charge on any atom is 0.405 e. The van der Waals surface area contributed by atoms with E-state index in [0.29, 0.717) is 0 Å². The van der Waals surface area contributed by atoms with Gasteiger partial charge < -0.3 is 4.90 Å². The second-order valence-electron chi connectivity index (χ2n) is 7.62. The van der Waals surface area contributed by atoms with E-state index in [9.17, 15) is 27.6 Å². The monoisotopic (exact) mass is 397 g/mol. The van der Waals surface area contributed by atoms with Crippen LogP contribution in [0.2, 0.25) is 0 Å². The Morgan fingerprint density at radius 1 is 1.11 bits per heavy atom. The first-order valence-electron chi connectivity index (χ1n) is 9.03. The summed E-state index contributed by atoms with van der Waals surface area (Å²) in [6, 6.07) is 1.53. The van der Waals surface area contributed by atoms with Crippen LogP contribution in [-0.4, -0.2) is 76.9 Å². The summed E-state index contributed by atoms with van der Waals surface area (Å²) in [5, 5.41) is 0. The molecule has 0 bridgehead atoms. The average molecular weight is 397 g/mol. The number of carbonyl (C=O) groups excluding carboxylic acids is 3. The lowest BCUT2D eigenvalue weighted by Gasteiger charge is -2.44. The van der Waals surface area contributed by atoms with Gasteiger partial charge in [-0.1, -0.05) is 0 Å². The number of amides is 3. The second-order valence-corrected chi connectivity index (χ2v) is 7.62. The minimum atomic E-state index is -4.46. The molecule has 6 nitrogen and oxygen atoms in total. The van der Waals surface area contributed by atoms with E-state index in [2.05, 4.69) is 0 Å². The first-order valence-corrected chi connectivity index (χ1v) is 9.03. The lowest BCUT2D eigenvalue weighted by molar-refractivity contribution is -0.197. The number of benzene rings is 1. The number of imide groups is 1. The van der Waals surface area contributed by atoms with Crippen LogP contribution >= 0.6 is 0 Å². The molecule has 1 aromatic carbocycles. The third-order valence-corrected chi connectivity index (χ3v) is 5.41. The summed E-state index contributed by atoms with van der Waals surface area (Å²) in [5.74, 6) is -1.51. The van der Waals surface area contributed by atoms with Crippen LogP contribution in [0.25, 0.3) is 0 Å². The Morgan fingerprint density at radius 2 is 1.71 bits per heavy atom. The van der Waals surface area contributed by atoms with Crippen molar-refractivity contribution in [2.24, 2.45) is 0 Å². The van der Waals surface area contributed by atoms with Gasteiger partial charge in [0.1, 0.15) is 6.04 Å². The number of hydrogen-bond donors (Lipinski definition) is 0. The van der Waals surface area contributed by atoms with Crippen molar-refractivity contribution in [1.82, 2.24) is 14.7 Å². The molecule has 1 fully saturated rings. The fourth-order valence-corrected chi connectivity index (χ4v) is 3.71. The van der Waals surface area contributed by atoms with E-state index in [-0.39, 0.29) is 29.3 Å². The zero-order valence-electron chi connectivity index (χ0n) is 16.1. The SMILES string of the molecule is CC(C)N1C(=O)c2ccc(C(=O)N3CC(C)N(C)C(C(F)(F)F)C3)cc2C1=O. The predicted octanol–water partition coefficient (Wildman–Crippen LogP) is 2.40. The molecule has 0 aromatic heterocycles. The number of carbonyl (C=O) groups is 3. The third kappa shape index (κ3) is 3.28. The van der Waals surface area contributed by atoms with Gasteiger partial charge >= 0.3 is 6.18 Å². The summed E-state index contributed by atoms with van der Waals surface area (Å²) in [5.41, 5.74) is 0.414. The van der Waals surface area contributed by atoms with Crippen molar-refractivity contribution in [1.29, 1.82) is 0 Å². The van der Waals surface area contributed by atoms with Crippen molar-refractivity contribution in [2.45, 2.75) is 45.1 Å². The maximum atomic E-state index is 13.3. The second kappa shape index (κ2) is 6.88. The van der Waals surface area contributed by atoms with Gasteiger partial charge in [-0.25, -0.2) is 0 Å². The molecule has 1 aromatic rings. The van der Waals surface area contributed by atoms with Crippen LogP contribution in [0, 0.1) is 0 Å². The summed E-state index contributed by atoms with van der Waals surface area (Å²) in [4.78, 5) is 41.2. The van der Waals surface area contributed by atoms with Crippen LogP contribution in [0.3, 0.4) is 0 Å². The van der Waals surface area contributed by atoms with Gasteiger partial charge in [0.15, 0.2) is 0 Å². The van der Waals surface area contributed by atoms with Gasteiger partial charge in [0.05, 0.1) is 11.1 Å². The molecule has 2 unspecified atom stereocenters. The normalized spacial score (nSPS) is 23.6. The molecule has 28 heavy (non-hydrogen) atoms. The Balaban J connectivity index is 1.89. The van der Waals surface area contributed by atoms with E-state index < -0.39 is 42.5 Å². The minimum Gasteiger partial charge on any atom is -0.335 e. The largest absolute Gasteiger partial charge is 0.405 e. The van der Waals surface area contributed by atoms with E-state index in [1.807, 2.05) is 0 Å². The molecule has 0 radical (unpaired) electrons. The summed E-state index contributed by atoms with van der Waals surface area (Å²) >= 11 is 0. The highest BCUT2D eigenvalue weighted by Gasteiger charge is 2.48. The molecule has 3 amide bonds. The van der Waals surface area contributed by atoms with E-state index in [4.69, 9.17) is 0 Å². The molecule has 2 heterocycles. The van der Waals surface area contributed by atoms with Crippen LogP contribution in [0.5, 0.6) is 0 Å². The Bertz CT molecular complexity index is 837. The number of halogens is 3. The molecular weight excluding hydrogens is 375 g/mol. The lowest BCUT2D eigenvalue weighted by atomic mass is 10.0. The van der Waals surface area contributed by atoms with Crippen LogP contribution in [0.15, 0.2) is 18.2 Å². The van der Waals surface area contributed by atoms with Crippen molar-refractivity contribution in [2.75, 3.05) is 20.1 Å². The summed E-state index contributed by atoms with van der Waals surface area (Å²) in [6.45, 7) is 4.70. The number of rotatable bonds is 2.